The van der Waals surface area contributed by atoms with Gasteiger partial charge >= 0.3 is 0 Å². The molecule has 12 rings (SSSR count). The maximum absolute atomic E-state index is 6.96. The lowest BCUT2D eigenvalue weighted by molar-refractivity contribution is 0.191. The number of aliphatic imine (C=N–C) groups is 1. The average molecular weight is 872 g/mol. The minimum Gasteiger partial charge on any atom is -0.484 e. The molecule has 3 atom stereocenters. The van der Waals surface area contributed by atoms with E-state index in [1.165, 1.54) is 42.8 Å². The van der Waals surface area contributed by atoms with Gasteiger partial charge in [-0.15, -0.1) is 11.3 Å². The molecule has 0 saturated carbocycles. The van der Waals surface area contributed by atoms with Crippen molar-refractivity contribution in [3.8, 4) is 17.0 Å². The van der Waals surface area contributed by atoms with Crippen molar-refractivity contribution in [2.45, 2.75) is 58.0 Å². The summed E-state index contributed by atoms with van der Waals surface area (Å²) in [4.78, 5) is 17.8. The van der Waals surface area contributed by atoms with Gasteiger partial charge in [-0.1, -0.05) is 178 Å². The number of thiophene rings is 1. The topological polar surface area (TPSA) is 47.4 Å². The van der Waals surface area contributed by atoms with Crippen LogP contribution in [0.4, 0.5) is 5.69 Å². The molecule has 0 radical (unpaired) electrons. The lowest BCUT2D eigenvalue weighted by Gasteiger charge is -2.37. The Morgan fingerprint density at radius 3 is 2.29 bits per heavy atom. The Hall–Kier alpha value is -7.21. The molecule has 66 heavy (non-hydrogen) atoms. The molecule has 4 nitrogen and oxygen atoms in total. The van der Waals surface area contributed by atoms with Crippen molar-refractivity contribution in [2.75, 3.05) is 0 Å². The van der Waals surface area contributed by atoms with Crippen molar-refractivity contribution in [3.63, 3.8) is 0 Å². The molecule has 3 aliphatic carbocycles. The second-order valence-electron chi connectivity index (χ2n) is 18.2. The van der Waals surface area contributed by atoms with Gasteiger partial charge in [0.05, 0.1) is 28.2 Å². The molecule has 7 aromatic rings. The minimum atomic E-state index is -0.511. The summed E-state index contributed by atoms with van der Waals surface area (Å²) in [6, 6.07) is 43.7. The van der Waals surface area contributed by atoms with Gasteiger partial charge in [0.25, 0.3) is 0 Å². The Labute approximate surface area is 391 Å². The van der Waals surface area contributed by atoms with Crippen LogP contribution in [0.3, 0.4) is 0 Å². The molecule has 0 fully saturated rings. The fourth-order valence-electron chi connectivity index (χ4n) is 10.5. The summed E-state index contributed by atoms with van der Waals surface area (Å²) in [5, 5.41) is 1.31. The highest BCUT2D eigenvalue weighted by Gasteiger charge is 2.53. The van der Waals surface area contributed by atoms with Gasteiger partial charge in [0.15, 0.2) is 5.82 Å². The van der Waals surface area contributed by atoms with E-state index < -0.39 is 5.41 Å². The van der Waals surface area contributed by atoms with E-state index >= 15 is 0 Å². The molecule has 0 saturated heterocycles. The molecule has 3 unspecified atom stereocenters. The summed E-state index contributed by atoms with van der Waals surface area (Å²) in [6.07, 6.45) is 26.0. The standard InChI is InChI=1S/C61H49N3OS/c1-4-46-55(41-18-14-17-40(29-30-41)39-15-6-5-7-16-39)63-60(44-27-25-38(2)26-28-44)64-56(46)42-31-33-43(34-32-42)58-61(3)51-22-11-12-23-53(51)65-59(61)50-36-35-45(37-52(50)62-58)47-19-8-9-21-49-48-20-10-13-24-54(48)66-57(47)49/h5-7,9-13,15-25,27-38,59H,4,8,14,26H2,1-3H3. The smallest absolute Gasteiger partial charge is 0.160 e. The van der Waals surface area contributed by atoms with Crippen molar-refractivity contribution >= 4 is 61.2 Å². The summed E-state index contributed by atoms with van der Waals surface area (Å²) >= 11 is 1.87. The van der Waals surface area contributed by atoms with E-state index in [0.29, 0.717) is 5.92 Å². The van der Waals surface area contributed by atoms with E-state index in [0.717, 1.165) is 99.0 Å². The number of rotatable bonds is 7. The summed E-state index contributed by atoms with van der Waals surface area (Å²) in [5.41, 5.74) is 17.3. The van der Waals surface area contributed by atoms with Gasteiger partial charge in [-0.05, 0) is 90.1 Å². The first kappa shape index (κ1) is 40.3. The lowest BCUT2D eigenvalue weighted by atomic mass is 9.69. The number of fused-ring (bicyclic) bond motifs is 8. The van der Waals surface area contributed by atoms with Gasteiger partial charge in [-0.25, -0.2) is 9.97 Å². The zero-order valence-corrected chi connectivity index (χ0v) is 38.3. The van der Waals surface area contributed by atoms with Gasteiger partial charge in [-0.2, -0.15) is 0 Å². The van der Waals surface area contributed by atoms with Gasteiger partial charge < -0.3 is 4.74 Å². The molecular formula is C61H49N3OS. The third kappa shape index (κ3) is 6.75. The number of ether oxygens (including phenoxy) is 1. The van der Waals surface area contributed by atoms with Crippen LogP contribution < -0.4 is 4.74 Å². The number of nitrogens with zero attached hydrogens (tertiary/aromatic N) is 3. The Morgan fingerprint density at radius 1 is 0.682 bits per heavy atom. The van der Waals surface area contributed by atoms with Crippen LogP contribution in [0.1, 0.15) is 101 Å². The Balaban J connectivity index is 0.965. The summed E-state index contributed by atoms with van der Waals surface area (Å²) < 4.78 is 8.27. The zero-order valence-electron chi connectivity index (χ0n) is 37.5. The maximum atomic E-state index is 6.96. The summed E-state index contributed by atoms with van der Waals surface area (Å²) in [7, 11) is 0. The second kappa shape index (κ2) is 16.3. The van der Waals surface area contributed by atoms with Crippen LogP contribution in [-0.4, -0.2) is 15.7 Å². The number of allylic oxidation sites excluding steroid dienone is 12. The summed E-state index contributed by atoms with van der Waals surface area (Å²) in [6.45, 7) is 6.79. The van der Waals surface area contributed by atoms with Crippen molar-refractivity contribution in [2.24, 2.45) is 10.9 Å². The molecule has 0 spiro atoms. The van der Waals surface area contributed by atoms with Crippen molar-refractivity contribution in [1.82, 2.24) is 9.97 Å². The molecule has 5 heteroatoms. The predicted molar refractivity (Wildman–Crippen MR) is 276 cm³/mol. The molecule has 5 aromatic carbocycles. The van der Waals surface area contributed by atoms with E-state index in [2.05, 4.69) is 203 Å². The molecule has 0 N–H and O–H groups in total. The van der Waals surface area contributed by atoms with Crippen LogP contribution in [0.5, 0.6) is 5.75 Å². The Bertz CT molecular complexity index is 3370. The number of aromatic nitrogens is 2. The van der Waals surface area contributed by atoms with Crippen LogP contribution >= 0.6 is 11.3 Å². The quantitative estimate of drug-likeness (QED) is 0.160. The van der Waals surface area contributed by atoms with E-state index in [1.54, 1.807) is 0 Å². The molecule has 0 amide bonds. The summed E-state index contributed by atoms with van der Waals surface area (Å²) in [5.74, 6) is 2.17. The third-order valence-electron chi connectivity index (χ3n) is 14.0. The first-order valence-corrected chi connectivity index (χ1v) is 24.2. The van der Waals surface area contributed by atoms with Gasteiger partial charge in [-0.3, -0.25) is 4.99 Å². The third-order valence-corrected chi connectivity index (χ3v) is 15.3. The first-order valence-electron chi connectivity index (χ1n) is 23.4. The van der Waals surface area contributed by atoms with Gasteiger partial charge in [0, 0.05) is 48.4 Å². The normalized spacial score (nSPS) is 20.4. The van der Waals surface area contributed by atoms with Crippen LogP contribution in [-0.2, 0) is 11.8 Å². The highest BCUT2D eigenvalue weighted by molar-refractivity contribution is 7.20. The molecule has 4 heterocycles. The maximum Gasteiger partial charge on any atom is 0.160 e. The van der Waals surface area contributed by atoms with E-state index in [4.69, 9.17) is 19.7 Å². The highest BCUT2D eigenvalue weighted by atomic mass is 32.1. The number of hydrogen-bond donors (Lipinski definition) is 0. The fourth-order valence-corrected chi connectivity index (χ4v) is 11.8. The Morgan fingerprint density at radius 2 is 1.44 bits per heavy atom. The zero-order chi connectivity index (χ0) is 44.4. The fraction of sp³-hybridized carbons (Fsp3) is 0.164. The largest absolute Gasteiger partial charge is 0.484 e. The number of hydrogen-bond acceptors (Lipinski definition) is 5. The molecule has 2 aliphatic heterocycles. The van der Waals surface area contributed by atoms with Crippen LogP contribution in [0, 0.1) is 5.92 Å². The lowest BCUT2D eigenvalue weighted by Crippen LogP contribution is -2.40. The van der Waals surface area contributed by atoms with Crippen molar-refractivity contribution in [1.29, 1.82) is 0 Å². The number of benzene rings is 5. The first-order chi connectivity index (χ1) is 32.4. The Kier molecular flexibility index (Phi) is 9.98. The van der Waals surface area contributed by atoms with E-state index in [-0.39, 0.29) is 6.10 Å². The monoisotopic (exact) mass is 871 g/mol. The second-order valence-corrected chi connectivity index (χ2v) is 19.2. The predicted octanol–water partition coefficient (Wildman–Crippen LogP) is 15.7. The minimum absolute atomic E-state index is 0.230. The molecular weight excluding hydrogens is 823 g/mol. The molecule has 2 aromatic heterocycles. The highest BCUT2D eigenvalue weighted by Crippen LogP contribution is 2.57. The molecule has 0 bridgehead atoms. The van der Waals surface area contributed by atoms with Crippen molar-refractivity contribution < 1.29 is 4.74 Å². The van der Waals surface area contributed by atoms with E-state index in [1.807, 2.05) is 11.3 Å². The van der Waals surface area contributed by atoms with Crippen molar-refractivity contribution in [3.05, 3.63) is 231 Å². The molecule has 5 aliphatic rings. The molecule has 320 valence electrons. The van der Waals surface area contributed by atoms with Gasteiger partial charge in [0.1, 0.15) is 11.9 Å². The van der Waals surface area contributed by atoms with Crippen LogP contribution in [0.2, 0.25) is 0 Å². The number of para-hydroxylation sites is 1. The average Bonchev–Trinajstić information content (AvgIpc) is 3.64. The SMILES string of the molecule is CCc1c(C2=CCC=C(c3ccccc3)C=C2)nc(C2=CCC(C)C=C2)nc1-c1ccc(C2=Nc3cc(C4=CCC=Cc5c4sc4ccccc54)ccc3C3Oc4ccccc4C23C)cc1. The van der Waals surface area contributed by atoms with Gasteiger partial charge in [0.2, 0.25) is 0 Å². The van der Waals surface area contributed by atoms with Crippen LogP contribution in [0.25, 0.3) is 49.7 Å². The van der Waals surface area contributed by atoms with Crippen LogP contribution in [0.15, 0.2) is 181 Å². The van der Waals surface area contributed by atoms with E-state index in [9.17, 15) is 0 Å².